The van der Waals surface area contributed by atoms with Crippen molar-refractivity contribution in [1.29, 1.82) is 0 Å². The molecule has 0 unspecified atom stereocenters. The molecule has 2 aromatic carbocycles. The number of esters is 2. The topological polar surface area (TPSA) is 52.6 Å². The van der Waals surface area contributed by atoms with Crippen molar-refractivity contribution in [3.63, 3.8) is 0 Å². The first kappa shape index (κ1) is 23.0. The summed E-state index contributed by atoms with van der Waals surface area (Å²) in [6, 6.07) is 13.7. The summed E-state index contributed by atoms with van der Waals surface area (Å²) in [7, 11) is 0. The molecule has 0 amide bonds. The van der Waals surface area contributed by atoms with Gasteiger partial charge in [0.25, 0.3) is 0 Å². The molecule has 0 fully saturated rings. The van der Waals surface area contributed by atoms with Crippen molar-refractivity contribution in [3.05, 3.63) is 70.2 Å². The second kappa shape index (κ2) is 13.0. The zero-order chi connectivity index (χ0) is 20.9. The fourth-order valence-corrected chi connectivity index (χ4v) is 3.21. The molecule has 0 atom stereocenters. The Morgan fingerprint density at radius 3 is 2.07 bits per heavy atom. The lowest BCUT2D eigenvalue weighted by atomic mass is 10.1. The molecule has 29 heavy (non-hydrogen) atoms. The van der Waals surface area contributed by atoms with Crippen LogP contribution in [-0.4, -0.2) is 18.5 Å². The van der Waals surface area contributed by atoms with Crippen LogP contribution in [0.5, 0.6) is 0 Å². The van der Waals surface area contributed by atoms with Gasteiger partial charge in [-0.25, -0.2) is 9.59 Å². The Hall–Kier alpha value is -2.33. The van der Waals surface area contributed by atoms with Gasteiger partial charge in [0, 0.05) is 5.02 Å². The van der Waals surface area contributed by atoms with Crippen molar-refractivity contribution in [2.45, 2.75) is 58.5 Å². The Morgan fingerprint density at radius 1 is 0.793 bits per heavy atom. The number of hydrogen-bond donors (Lipinski definition) is 0. The second-order valence-electron chi connectivity index (χ2n) is 7.01. The first-order valence-corrected chi connectivity index (χ1v) is 10.7. The molecular formula is C24H29ClO4. The lowest BCUT2D eigenvalue weighted by Gasteiger charge is -2.10. The second-order valence-corrected chi connectivity index (χ2v) is 7.45. The summed E-state index contributed by atoms with van der Waals surface area (Å²) in [5, 5.41) is 0.577. The number of carbonyl (C=O) groups is 2. The third-order valence-corrected chi connectivity index (χ3v) is 4.84. The number of rotatable bonds is 12. The summed E-state index contributed by atoms with van der Waals surface area (Å²) >= 11 is 5.94. The molecule has 156 valence electrons. The predicted octanol–water partition coefficient (Wildman–Crippen LogP) is 6.60. The van der Waals surface area contributed by atoms with E-state index in [1.165, 1.54) is 25.7 Å². The van der Waals surface area contributed by atoms with Crippen molar-refractivity contribution >= 4 is 23.5 Å². The van der Waals surface area contributed by atoms with Gasteiger partial charge < -0.3 is 9.47 Å². The number of halogens is 1. The summed E-state index contributed by atoms with van der Waals surface area (Å²) in [4.78, 5) is 24.9. The number of carbonyl (C=O) groups excluding carboxylic acids is 2. The van der Waals surface area contributed by atoms with Gasteiger partial charge in [-0.15, -0.1) is 0 Å². The van der Waals surface area contributed by atoms with E-state index < -0.39 is 11.9 Å². The standard InChI is InChI=1S/C24H29ClO4/c1-2-3-4-5-6-7-10-16-28-23(26)21-14-8-9-15-22(21)24(27)29-18-19-12-11-13-20(25)17-19/h8-9,11-15,17H,2-7,10,16,18H2,1H3. The molecule has 0 aliphatic heterocycles. The Labute approximate surface area is 178 Å². The average molecular weight is 417 g/mol. The van der Waals surface area contributed by atoms with Gasteiger partial charge >= 0.3 is 11.9 Å². The highest BCUT2D eigenvalue weighted by molar-refractivity contribution is 6.30. The van der Waals surface area contributed by atoms with Crippen molar-refractivity contribution < 1.29 is 19.1 Å². The first-order chi connectivity index (χ1) is 14.1. The van der Waals surface area contributed by atoms with E-state index in [0.29, 0.717) is 11.6 Å². The Morgan fingerprint density at radius 2 is 1.41 bits per heavy atom. The fraction of sp³-hybridized carbons (Fsp3) is 0.417. The van der Waals surface area contributed by atoms with Gasteiger partial charge in [-0.1, -0.05) is 81.3 Å². The van der Waals surface area contributed by atoms with E-state index in [-0.39, 0.29) is 17.7 Å². The molecule has 0 aromatic heterocycles. The molecule has 0 heterocycles. The van der Waals surface area contributed by atoms with Crippen LogP contribution in [-0.2, 0) is 16.1 Å². The molecule has 0 bridgehead atoms. The zero-order valence-corrected chi connectivity index (χ0v) is 17.7. The first-order valence-electron chi connectivity index (χ1n) is 10.3. The van der Waals surface area contributed by atoms with Gasteiger partial charge in [-0.05, 0) is 36.2 Å². The molecule has 2 rings (SSSR count). The predicted molar refractivity (Wildman–Crippen MR) is 115 cm³/mol. The maximum absolute atomic E-state index is 12.5. The minimum absolute atomic E-state index is 0.0841. The molecular weight excluding hydrogens is 388 g/mol. The van der Waals surface area contributed by atoms with E-state index in [1.807, 2.05) is 6.07 Å². The number of benzene rings is 2. The van der Waals surface area contributed by atoms with E-state index in [4.69, 9.17) is 21.1 Å². The third kappa shape index (κ3) is 8.28. The van der Waals surface area contributed by atoms with Crippen LogP contribution in [0.15, 0.2) is 48.5 Å². The van der Waals surface area contributed by atoms with E-state index in [0.717, 1.165) is 24.8 Å². The van der Waals surface area contributed by atoms with E-state index in [9.17, 15) is 9.59 Å². The number of hydrogen-bond acceptors (Lipinski definition) is 4. The third-order valence-electron chi connectivity index (χ3n) is 4.61. The highest BCUT2D eigenvalue weighted by atomic mass is 35.5. The van der Waals surface area contributed by atoms with E-state index >= 15 is 0 Å². The van der Waals surface area contributed by atoms with Crippen LogP contribution in [0.1, 0.15) is 78.1 Å². The SMILES string of the molecule is CCCCCCCCCOC(=O)c1ccccc1C(=O)OCc1cccc(Cl)c1. The fourth-order valence-electron chi connectivity index (χ4n) is 2.99. The van der Waals surface area contributed by atoms with Gasteiger partial charge in [0.1, 0.15) is 6.61 Å². The molecule has 4 nitrogen and oxygen atoms in total. The maximum Gasteiger partial charge on any atom is 0.339 e. The minimum atomic E-state index is -0.562. The number of ether oxygens (including phenoxy) is 2. The summed E-state index contributed by atoms with van der Waals surface area (Å²) in [5.74, 6) is -1.06. The molecule has 0 saturated heterocycles. The Bertz CT molecular complexity index is 788. The Kier molecular flexibility index (Phi) is 10.3. The van der Waals surface area contributed by atoms with E-state index in [2.05, 4.69) is 6.92 Å². The molecule has 5 heteroatoms. The monoisotopic (exact) mass is 416 g/mol. The summed E-state index contributed by atoms with van der Waals surface area (Å²) in [6.45, 7) is 2.64. The lowest BCUT2D eigenvalue weighted by molar-refractivity contribution is 0.0436. The normalized spacial score (nSPS) is 10.6. The van der Waals surface area contributed by atoms with Crippen LogP contribution >= 0.6 is 11.6 Å². The molecule has 0 saturated carbocycles. The Balaban J connectivity index is 1.82. The maximum atomic E-state index is 12.5. The smallest absolute Gasteiger partial charge is 0.339 e. The molecule has 0 radical (unpaired) electrons. The van der Waals surface area contributed by atoms with Crippen LogP contribution in [0.4, 0.5) is 0 Å². The van der Waals surface area contributed by atoms with Gasteiger partial charge in [-0.2, -0.15) is 0 Å². The van der Waals surface area contributed by atoms with Gasteiger partial charge in [0.15, 0.2) is 0 Å². The van der Waals surface area contributed by atoms with Crippen LogP contribution in [0, 0.1) is 0 Å². The van der Waals surface area contributed by atoms with E-state index in [1.54, 1.807) is 42.5 Å². The van der Waals surface area contributed by atoms with Crippen LogP contribution in [0.25, 0.3) is 0 Å². The minimum Gasteiger partial charge on any atom is -0.462 e. The van der Waals surface area contributed by atoms with Crippen LogP contribution < -0.4 is 0 Å². The van der Waals surface area contributed by atoms with Crippen molar-refractivity contribution in [1.82, 2.24) is 0 Å². The van der Waals surface area contributed by atoms with Gasteiger partial charge in [0.2, 0.25) is 0 Å². The summed E-state index contributed by atoms with van der Waals surface area (Å²) in [5.41, 5.74) is 1.22. The van der Waals surface area contributed by atoms with Crippen LogP contribution in [0.3, 0.4) is 0 Å². The molecule has 0 aliphatic rings. The molecule has 2 aromatic rings. The van der Waals surface area contributed by atoms with Gasteiger partial charge in [0.05, 0.1) is 17.7 Å². The lowest BCUT2D eigenvalue weighted by Crippen LogP contribution is -2.14. The molecule has 0 N–H and O–H groups in total. The molecule has 0 spiro atoms. The highest BCUT2D eigenvalue weighted by Gasteiger charge is 2.19. The quantitative estimate of drug-likeness (QED) is 0.288. The summed E-state index contributed by atoms with van der Waals surface area (Å²) in [6.07, 6.45) is 8.03. The summed E-state index contributed by atoms with van der Waals surface area (Å²) < 4.78 is 10.7. The van der Waals surface area contributed by atoms with Crippen molar-refractivity contribution in [2.24, 2.45) is 0 Å². The van der Waals surface area contributed by atoms with Gasteiger partial charge in [-0.3, -0.25) is 0 Å². The van der Waals surface area contributed by atoms with Crippen molar-refractivity contribution in [3.8, 4) is 0 Å². The molecule has 0 aliphatic carbocycles. The zero-order valence-electron chi connectivity index (χ0n) is 17.0. The largest absolute Gasteiger partial charge is 0.462 e. The van der Waals surface area contributed by atoms with Crippen molar-refractivity contribution in [2.75, 3.05) is 6.61 Å². The highest BCUT2D eigenvalue weighted by Crippen LogP contribution is 2.16. The number of unbranched alkanes of at least 4 members (excludes halogenated alkanes) is 6. The average Bonchev–Trinajstić information content (AvgIpc) is 2.74. The van der Waals surface area contributed by atoms with Crippen LogP contribution in [0.2, 0.25) is 5.02 Å².